The Morgan fingerprint density at radius 2 is 2.10 bits per heavy atom. The highest BCUT2D eigenvalue weighted by molar-refractivity contribution is 5.78. The van der Waals surface area contributed by atoms with Gasteiger partial charge in [-0.2, -0.15) is 0 Å². The smallest absolute Gasteiger partial charge is 0.162 e. The Labute approximate surface area is 119 Å². The third kappa shape index (κ3) is 2.07. The van der Waals surface area contributed by atoms with Gasteiger partial charge in [-0.3, -0.25) is 4.99 Å². The Morgan fingerprint density at radius 3 is 2.90 bits per heavy atom. The molecule has 1 aliphatic heterocycles. The van der Waals surface area contributed by atoms with Crippen LogP contribution in [0.3, 0.4) is 0 Å². The van der Waals surface area contributed by atoms with Gasteiger partial charge < -0.3 is 4.90 Å². The lowest BCUT2D eigenvalue weighted by Crippen LogP contribution is -2.15. The molecule has 0 amide bonds. The van der Waals surface area contributed by atoms with E-state index < -0.39 is 0 Å². The van der Waals surface area contributed by atoms with Crippen molar-refractivity contribution in [1.29, 1.82) is 0 Å². The summed E-state index contributed by atoms with van der Waals surface area (Å²) in [6, 6.07) is 6.58. The summed E-state index contributed by atoms with van der Waals surface area (Å²) < 4.78 is 0. The average Bonchev–Trinajstić information content (AvgIpc) is 2.84. The molecule has 4 heteroatoms. The van der Waals surface area contributed by atoms with Crippen molar-refractivity contribution in [3.63, 3.8) is 0 Å². The second-order valence-electron chi connectivity index (χ2n) is 5.05. The van der Waals surface area contributed by atoms with Crippen LogP contribution in [-0.2, 0) is 6.42 Å². The molecule has 0 atom stereocenters. The quantitative estimate of drug-likeness (QED) is 0.781. The molecule has 0 saturated heterocycles. The summed E-state index contributed by atoms with van der Waals surface area (Å²) in [5.41, 5.74) is 5.70. The van der Waals surface area contributed by atoms with Crippen molar-refractivity contribution in [3.05, 3.63) is 41.3 Å². The van der Waals surface area contributed by atoms with Crippen LogP contribution in [0.25, 0.3) is 0 Å². The molecule has 4 nitrogen and oxygen atoms in total. The third-order valence-electron chi connectivity index (χ3n) is 3.63. The summed E-state index contributed by atoms with van der Waals surface area (Å²) in [6.07, 6.45) is 4.46. The molecule has 3 rings (SSSR count). The number of hydrogen-bond acceptors (Lipinski definition) is 4. The van der Waals surface area contributed by atoms with E-state index in [1.165, 1.54) is 16.8 Å². The molecule has 1 aromatic carbocycles. The zero-order chi connectivity index (χ0) is 14.1. The van der Waals surface area contributed by atoms with Gasteiger partial charge >= 0.3 is 0 Å². The molecular formula is C16H18N4. The van der Waals surface area contributed by atoms with Crippen molar-refractivity contribution in [3.8, 4) is 0 Å². The van der Waals surface area contributed by atoms with Gasteiger partial charge in [-0.1, -0.05) is 17.7 Å². The topological polar surface area (TPSA) is 41.4 Å². The maximum absolute atomic E-state index is 4.46. The Bertz CT molecular complexity index is 676. The molecule has 0 bridgehead atoms. The van der Waals surface area contributed by atoms with E-state index in [-0.39, 0.29) is 0 Å². The summed E-state index contributed by atoms with van der Waals surface area (Å²) in [6.45, 7) is 6.96. The van der Waals surface area contributed by atoms with E-state index in [0.29, 0.717) is 0 Å². The van der Waals surface area contributed by atoms with E-state index in [9.17, 15) is 0 Å². The van der Waals surface area contributed by atoms with Crippen LogP contribution in [0.4, 0.5) is 17.2 Å². The third-order valence-corrected chi connectivity index (χ3v) is 3.63. The van der Waals surface area contributed by atoms with Crippen molar-refractivity contribution >= 4 is 23.4 Å². The van der Waals surface area contributed by atoms with E-state index >= 15 is 0 Å². The highest BCUT2D eigenvalue weighted by atomic mass is 15.2. The average molecular weight is 266 g/mol. The van der Waals surface area contributed by atoms with Gasteiger partial charge in [0.2, 0.25) is 0 Å². The zero-order valence-electron chi connectivity index (χ0n) is 12.1. The second kappa shape index (κ2) is 5.04. The van der Waals surface area contributed by atoms with E-state index in [1.807, 2.05) is 13.8 Å². The summed E-state index contributed by atoms with van der Waals surface area (Å²) in [5, 5.41) is 0. The summed E-state index contributed by atoms with van der Waals surface area (Å²) in [5.74, 6) is 0.901. The molecule has 0 fully saturated rings. The molecule has 0 N–H and O–H groups in total. The predicted octanol–water partition coefficient (Wildman–Crippen LogP) is 3.51. The number of benzene rings is 1. The fraction of sp³-hybridized carbons (Fsp3) is 0.312. The molecular weight excluding hydrogens is 248 g/mol. The van der Waals surface area contributed by atoms with Crippen molar-refractivity contribution in [2.24, 2.45) is 4.99 Å². The van der Waals surface area contributed by atoms with Crippen molar-refractivity contribution in [2.75, 3.05) is 11.4 Å². The molecule has 1 aliphatic rings. The number of aromatic nitrogens is 2. The van der Waals surface area contributed by atoms with E-state index in [0.717, 1.165) is 30.2 Å². The van der Waals surface area contributed by atoms with Crippen LogP contribution in [0.1, 0.15) is 23.7 Å². The molecule has 2 heterocycles. The zero-order valence-corrected chi connectivity index (χ0v) is 12.1. The maximum Gasteiger partial charge on any atom is 0.162 e. The largest absolute Gasteiger partial charge is 0.324 e. The van der Waals surface area contributed by atoms with Gasteiger partial charge in [-0.25, -0.2) is 9.97 Å². The lowest BCUT2D eigenvalue weighted by molar-refractivity contribution is 0.955. The second-order valence-corrected chi connectivity index (χ2v) is 5.05. The molecule has 0 radical (unpaired) electrons. The molecule has 0 aliphatic carbocycles. The normalized spacial score (nSPS) is 14.1. The van der Waals surface area contributed by atoms with E-state index in [1.54, 1.807) is 12.5 Å². The highest BCUT2D eigenvalue weighted by Gasteiger charge is 2.24. The Balaban J connectivity index is 2.11. The van der Waals surface area contributed by atoms with E-state index in [4.69, 9.17) is 0 Å². The van der Waals surface area contributed by atoms with Crippen LogP contribution < -0.4 is 4.90 Å². The first kappa shape index (κ1) is 12.8. The number of anilines is 2. The molecule has 0 unspecified atom stereocenters. The molecule has 2 aromatic rings. The monoisotopic (exact) mass is 266 g/mol. The van der Waals surface area contributed by atoms with Crippen molar-refractivity contribution in [2.45, 2.75) is 27.2 Å². The van der Waals surface area contributed by atoms with Crippen LogP contribution in [0.5, 0.6) is 0 Å². The van der Waals surface area contributed by atoms with Crippen LogP contribution in [0.2, 0.25) is 0 Å². The molecule has 1 aromatic heterocycles. The lowest BCUT2D eigenvalue weighted by atomic mass is 10.1. The number of fused-ring (bicyclic) bond motifs is 1. The minimum Gasteiger partial charge on any atom is -0.324 e. The maximum atomic E-state index is 4.46. The Kier molecular flexibility index (Phi) is 3.22. The fourth-order valence-electron chi connectivity index (χ4n) is 2.68. The van der Waals surface area contributed by atoms with Gasteiger partial charge in [-0.15, -0.1) is 0 Å². The van der Waals surface area contributed by atoms with Crippen molar-refractivity contribution < 1.29 is 0 Å². The minimum absolute atomic E-state index is 0.864. The van der Waals surface area contributed by atoms with Gasteiger partial charge in [0.1, 0.15) is 12.0 Å². The summed E-state index contributed by atoms with van der Waals surface area (Å²) in [7, 11) is 0. The first-order valence-electron chi connectivity index (χ1n) is 6.88. The van der Waals surface area contributed by atoms with Gasteiger partial charge in [0, 0.05) is 18.4 Å². The van der Waals surface area contributed by atoms with Crippen LogP contribution in [0.15, 0.2) is 29.5 Å². The van der Waals surface area contributed by atoms with Crippen LogP contribution in [-0.4, -0.2) is 22.7 Å². The number of aliphatic imine (C=N–C) groups is 1. The molecule has 102 valence electrons. The SMILES string of the molecule is CC=Nc1c(C)ncnc1N1CCc2cc(C)ccc21. The Morgan fingerprint density at radius 1 is 1.25 bits per heavy atom. The van der Waals surface area contributed by atoms with Gasteiger partial charge in [0.25, 0.3) is 0 Å². The fourth-order valence-corrected chi connectivity index (χ4v) is 2.68. The van der Waals surface area contributed by atoms with Crippen LogP contribution >= 0.6 is 0 Å². The molecule has 20 heavy (non-hydrogen) atoms. The molecule has 0 saturated carbocycles. The highest BCUT2D eigenvalue weighted by Crippen LogP contribution is 2.38. The number of rotatable bonds is 2. The van der Waals surface area contributed by atoms with Gasteiger partial charge in [-0.05, 0) is 38.8 Å². The number of hydrogen-bond donors (Lipinski definition) is 0. The van der Waals surface area contributed by atoms with E-state index in [2.05, 4.69) is 45.0 Å². The van der Waals surface area contributed by atoms with Crippen LogP contribution in [0, 0.1) is 13.8 Å². The summed E-state index contributed by atoms with van der Waals surface area (Å²) in [4.78, 5) is 15.4. The number of aryl methyl sites for hydroxylation is 2. The van der Waals surface area contributed by atoms with Crippen molar-refractivity contribution in [1.82, 2.24) is 9.97 Å². The molecule has 0 spiro atoms. The number of nitrogens with zero attached hydrogens (tertiary/aromatic N) is 4. The minimum atomic E-state index is 0.864. The van der Waals surface area contributed by atoms with Gasteiger partial charge in [0.15, 0.2) is 5.82 Å². The Hall–Kier alpha value is -2.23. The predicted molar refractivity (Wildman–Crippen MR) is 82.5 cm³/mol. The lowest BCUT2D eigenvalue weighted by Gasteiger charge is -2.20. The standard InChI is InChI=1S/C16H18N4/c1-4-17-15-12(3)18-10-19-16(15)20-8-7-13-9-11(2)5-6-14(13)20/h4-6,9-10H,7-8H2,1-3H3. The summed E-state index contributed by atoms with van der Waals surface area (Å²) >= 11 is 0. The first-order chi connectivity index (χ1) is 9.70. The first-order valence-corrected chi connectivity index (χ1v) is 6.88. The van der Waals surface area contributed by atoms with Gasteiger partial charge in [0.05, 0.1) is 5.69 Å².